The molecule has 36 heavy (non-hydrogen) atoms. The van der Waals surface area contributed by atoms with Gasteiger partial charge < -0.3 is 15.0 Å². The average molecular weight is 503 g/mol. The molecule has 0 bridgehead atoms. The lowest BCUT2D eigenvalue weighted by Crippen LogP contribution is -2.44. The summed E-state index contributed by atoms with van der Waals surface area (Å²) in [6, 6.07) is 11.4. The van der Waals surface area contributed by atoms with Crippen molar-refractivity contribution in [3.63, 3.8) is 0 Å². The quantitative estimate of drug-likeness (QED) is 0.406. The molecule has 0 aliphatic rings. The number of benzene rings is 2. The standard InChI is InChI=1S/C27H33F3N4O2/c1-27(2,3)24(34(26(35)36-4)13-12-20(31)15-28)25-32-23(21-14-19(29)10-11-22(21)30)17-33(25)16-18-8-6-5-7-9-18/h5-11,14,17,20,24H,12-13,15-16,31H2,1-4H3. The molecule has 0 saturated heterocycles. The van der Waals surface area contributed by atoms with Crippen LogP contribution < -0.4 is 5.73 Å². The number of carbonyl (C=O) groups excluding carboxylic acids is 1. The van der Waals surface area contributed by atoms with Gasteiger partial charge in [0.15, 0.2) is 0 Å². The third-order valence-electron chi connectivity index (χ3n) is 5.93. The molecule has 0 radical (unpaired) electrons. The Hall–Kier alpha value is -3.33. The number of nitrogens with two attached hydrogens (primary N) is 1. The zero-order chi connectivity index (χ0) is 26.5. The predicted molar refractivity (Wildman–Crippen MR) is 133 cm³/mol. The van der Waals surface area contributed by atoms with Crippen molar-refractivity contribution in [1.82, 2.24) is 14.5 Å². The van der Waals surface area contributed by atoms with Crippen molar-refractivity contribution >= 4 is 6.09 Å². The van der Waals surface area contributed by atoms with Gasteiger partial charge in [0, 0.05) is 30.9 Å². The van der Waals surface area contributed by atoms with Crippen molar-refractivity contribution in [1.29, 1.82) is 0 Å². The molecule has 2 unspecified atom stereocenters. The van der Waals surface area contributed by atoms with E-state index >= 15 is 0 Å². The monoisotopic (exact) mass is 502 g/mol. The number of hydrogen-bond donors (Lipinski definition) is 1. The minimum absolute atomic E-state index is 0.0137. The number of carbonyl (C=O) groups is 1. The van der Waals surface area contributed by atoms with Gasteiger partial charge in [-0.1, -0.05) is 51.1 Å². The number of ether oxygens (including phenoxy) is 1. The Morgan fingerprint density at radius 3 is 2.47 bits per heavy atom. The third kappa shape index (κ3) is 6.46. The molecular weight excluding hydrogens is 469 g/mol. The maximum Gasteiger partial charge on any atom is 0.410 e. The number of hydrogen-bond acceptors (Lipinski definition) is 4. The molecule has 194 valence electrons. The van der Waals surface area contributed by atoms with Crippen molar-refractivity contribution < 1.29 is 22.7 Å². The van der Waals surface area contributed by atoms with Crippen LogP contribution in [0.3, 0.4) is 0 Å². The highest BCUT2D eigenvalue weighted by Gasteiger charge is 2.39. The smallest absolute Gasteiger partial charge is 0.410 e. The summed E-state index contributed by atoms with van der Waals surface area (Å²) in [5, 5.41) is 0. The normalized spacial score (nSPS) is 13.3. The molecule has 1 amide bonds. The van der Waals surface area contributed by atoms with Gasteiger partial charge >= 0.3 is 6.09 Å². The van der Waals surface area contributed by atoms with E-state index in [-0.39, 0.29) is 24.2 Å². The highest BCUT2D eigenvalue weighted by molar-refractivity contribution is 5.68. The van der Waals surface area contributed by atoms with Crippen molar-refractivity contribution in [2.45, 2.75) is 45.8 Å². The summed E-state index contributed by atoms with van der Waals surface area (Å²) in [7, 11) is 1.27. The van der Waals surface area contributed by atoms with Gasteiger partial charge in [0.2, 0.25) is 0 Å². The molecule has 2 aromatic carbocycles. The molecular formula is C27H33F3N4O2. The van der Waals surface area contributed by atoms with Crippen LogP contribution in [0.1, 0.15) is 44.6 Å². The zero-order valence-corrected chi connectivity index (χ0v) is 21.0. The fourth-order valence-corrected chi connectivity index (χ4v) is 4.20. The van der Waals surface area contributed by atoms with Crippen LogP contribution in [0.5, 0.6) is 0 Å². The second-order valence-electron chi connectivity index (χ2n) is 9.86. The van der Waals surface area contributed by atoms with Crippen molar-refractivity contribution in [2.24, 2.45) is 11.1 Å². The number of alkyl halides is 1. The number of amides is 1. The summed E-state index contributed by atoms with van der Waals surface area (Å²) >= 11 is 0. The van der Waals surface area contributed by atoms with E-state index in [4.69, 9.17) is 15.5 Å². The van der Waals surface area contributed by atoms with Gasteiger partial charge in [0.1, 0.15) is 24.1 Å². The maximum absolute atomic E-state index is 14.7. The van der Waals surface area contributed by atoms with Gasteiger partial charge in [-0.05, 0) is 35.6 Å². The third-order valence-corrected chi connectivity index (χ3v) is 5.93. The number of aromatic nitrogens is 2. The zero-order valence-electron chi connectivity index (χ0n) is 21.0. The van der Waals surface area contributed by atoms with E-state index in [1.807, 2.05) is 55.7 Å². The molecule has 1 heterocycles. The topological polar surface area (TPSA) is 73.4 Å². The van der Waals surface area contributed by atoms with Crippen LogP contribution in [0.4, 0.5) is 18.0 Å². The lowest BCUT2D eigenvalue weighted by molar-refractivity contribution is 0.0613. The molecule has 0 aliphatic heterocycles. The summed E-state index contributed by atoms with van der Waals surface area (Å²) in [6.45, 7) is 5.60. The summed E-state index contributed by atoms with van der Waals surface area (Å²) in [5.41, 5.74) is 6.44. The predicted octanol–water partition coefficient (Wildman–Crippen LogP) is 5.72. The first-order valence-corrected chi connectivity index (χ1v) is 11.8. The van der Waals surface area contributed by atoms with Crippen LogP contribution in [-0.2, 0) is 11.3 Å². The Bertz CT molecular complexity index is 1160. The molecule has 0 fully saturated rings. The lowest BCUT2D eigenvalue weighted by atomic mass is 9.84. The van der Waals surface area contributed by atoms with E-state index in [1.54, 1.807) is 6.20 Å². The molecule has 0 aliphatic carbocycles. The van der Waals surface area contributed by atoms with Gasteiger partial charge in [-0.3, -0.25) is 4.90 Å². The van der Waals surface area contributed by atoms with E-state index in [0.29, 0.717) is 12.4 Å². The van der Waals surface area contributed by atoms with Gasteiger partial charge in [-0.15, -0.1) is 0 Å². The SMILES string of the molecule is COC(=O)N(CCC(N)CF)C(c1nc(-c2cc(F)ccc2F)cn1Cc1ccccc1)C(C)(C)C. The lowest BCUT2D eigenvalue weighted by Gasteiger charge is -2.39. The molecule has 1 aromatic heterocycles. The molecule has 6 nitrogen and oxygen atoms in total. The first-order chi connectivity index (χ1) is 17.0. The molecule has 3 aromatic rings. The van der Waals surface area contributed by atoms with Crippen LogP contribution in [-0.4, -0.2) is 46.9 Å². The summed E-state index contributed by atoms with van der Waals surface area (Å²) in [5.74, 6) is -0.739. The highest BCUT2D eigenvalue weighted by atomic mass is 19.1. The summed E-state index contributed by atoms with van der Waals surface area (Å²) in [6.07, 6.45) is 1.25. The van der Waals surface area contributed by atoms with Gasteiger partial charge in [0.25, 0.3) is 0 Å². The van der Waals surface area contributed by atoms with E-state index in [9.17, 15) is 18.0 Å². The van der Waals surface area contributed by atoms with Crippen molar-refractivity contribution in [3.8, 4) is 11.3 Å². The fourth-order valence-electron chi connectivity index (χ4n) is 4.20. The summed E-state index contributed by atoms with van der Waals surface area (Å²) < 4.78 is 48.7. The average Bonchev–Trinajstić information content (AvgIpc) is 3.24. The molecule has 3 rings (SSSR count). The van der Waals surface area contributed by atoms with Crippen LogP contribution in [0.15, 0.2) is 54.7 Å². The number of nitrogens with zero attached hydrogens (tertiary/aromatic N) is 3. The minimum atomic E-state index is -0.737. The Labute approximate surface area is 209 Å². The van der Waals surface area contributed by atoms with Crippen LogP contribution in [0.25, 0.3) is 11.3 Å². The Morgan fingerprint density at radius 1 is 1.17 bits per heavy atom. The van der Waals surface area contributed by atoms with Crippen LogP contribution >= 0.6 is 0 Å². The highest BCUT2D eigenvalue weighted by Crippen LogP contribution is 2.39. The minimum Gasteiger partial charge on any atom is -0.453 e. The van der Waals surface area contributed by atoms with Crippen molar-refractivity contribution in [3.05, 3.63) is 77.8 Å². The Balaban J connectivity index is 2.18. The number of rotatable bonds is 9. The van der Waals surface area contributed by atoms with Gasteiger partial charge in [-0.25, -0.2) is 22.9 Å². The Morgan fingerprint density at radius 2 is 1.86 bits per heavy atom. The molecule has 2 N–H and O–H groups in total. The van der Waals surface area contributed by atoms with Crippen molar-refractivity contribution in [2.75, 3.05) is 20.3 Å². The molecule has 9 heteroatoms. The maximum atomic E-state index is 14.7. The van der Waals surface area contributed by atoms with Gasteiger partial charge in [-0.2, -0.15) is 0 Å². The van der Waals surface area contributed by atoms with Crippen LogP contribution in [0, 0.1) is 17.0 Å². The number of imidazole rings is 1. The second-order valence-corrected chi connectivity index (χ2v) is 9.86. The second kappa shape index (κ2) is 11.6. The van der Waals surface area contributed by atoms with Gasteiger partial charge in [0.05, 0.1) is 18.8 Å². The first kappa shape index (κ1) is 27.3. The summed E-state index contributed by atoms with van der Waals surface area (Å²) in [4.78, 5) is 19.2. The number of halogens is 3. The fraction of sp³-hybridized carbons (Fsp3) is 0.407. The largest absolute Gasteiger partial charge is 0.453 e. The van der Waals surface area contributed by atoms with Crippen LogP contribution in [0.2, 0.25) is 0 Å². The first-order valence-electron chi connectivity index (χ1n) is 11.8. The molecule has 0 saturated carbocycles. The van der Waals surface area contributed by atoms with E-state index in [1.165, 1.54) is 12.0 Å². The van der Waals surface area contributed by atoms with E-state index < -0.39 is 41.9 Å². The Kier molecular flexibility index (Phi) is 8.79. The van der Waals surface area contributed by atoms with E-state index in [0.717, 1.165) is 23.8 Å². The molecule has 0 spiro atoms. The van der Waals surface area contributed by atoms with E-state index in [2.05, 4.69) is 0 Å². The molecule has 2 atom stereocenters. The number of methoxy groups -OCH3 is 1.